The molecule has 0 aliphatic heterocycles. The van der Waals surface area contributed by atoms with Crippen LogP contribution in [-0.4, -0.2) is 19.9 Å². The number of hydrogen-bond acceptors (Lipinski definition) is 6. The standard InChI is InChI=1S/C47H32N4O2/c1-2-20-35-38(24-3-1)52-40-26-12-23-37(41(35)40)47-50-45(49-46(51-47)34-22-11-14-28-13-4-5-17-31(28)34)30-16-10-15-29(27-30)42-32-18-6-7-19-33(32)44-43(48-42)36-21-8-9-25-39(36)53-44/h2-5,7-11,13-17,19-25,27H,1,6,12,18,26H2. The molecule has 0 radical (unpaired) electrons. The second kappa shape index (κ2) is 12.0. The molecular weight excluding hydrogens is 653 g/mol. The zero-order valence-electron chi connectivity index (χ0n) is 28.8. The Labute approximate surface area is 305 Å². The summed E-state index contributed by atoms with van der Waals surface area (Å²) in [6.07, 6.45) is 19.7. The van der Waals surface area contributed by atoms with Crippen LogP contribution in [0, 0.1) is 0 Å². The zero-order chi connectivity index (χ0) is 34.9. The van der Waals surface area contributed by atoms with Crippen LogP contribution in [-0.2, 0) is 12.8 Å². The summed E-state index contributed by atoms with van der Waals surface area (Å²) in [7, 11) is 0. The first-order valence-corrected chi connectivity index (χ1v) is 18.3. The van der Waals surface area contributed by atoms with Crippen LogP contribution in [0.25, 0.3) is 90.7 Å². The maximum atomic E-state index is 6.44. The normalized spacial score (nSPS) is 14.7. The maximum Gasteiger partial charge on any atom is 0.164 e. The fourth-order valence-electron chi connectivity index (χ4n) is 8.20. The van der Waals surface area contributed by atoms with E-state index < -0.39 is 0 Å². The van der Waals surface area contributed by atoms with Gasteiger partial charge in [-0.1, -0.05) is 109 Å². The van der Waals surface area contributed by atoms with Crippen molar-refractivity contribution < 1.29 is 8.83 Å². The second-order valence-corrected chi connectivity index (χ2v) is 13.9. The van der Waals surface area contributed by atoms with Crippen LogP contribution in [0.1, 0.15) is 58.9 Å². The molecule has 0 saturated carbocycles. The number of pyridine rings is 1. The number of aryl methyl sites for hydroxylation is 1. The third-order valence-electron chi connectivity index (χ3n) is 10.7. The van der Waals surface area contributed by atoms with Gasteiger partial charge in [0.1, 0.15) is 22.6 Å². The molecule has 0 amide bonds. The average molecular weight is 685 g/mol. The number of aromatic nitrogens is 4. The van der Waals surface area contributed by atoms with E-state index in [1.807, 2.05) is 18.2 Å². The molecular formula is C47H32N4O2. The van der Waals surface area contributed by atoms with Crippen molar-refractivity contribution in [3.8, 4) is 34.0 Å². The molecule has 3 aliphatic rings. The van der Waals surface area contributed by atoms with E-state index in [1.54, 1.807) is 0 Å². The van der Waals surface area contributed by atoms with Crippen molar-refractivity contribution in [2.45, 2.75) is 32.1 Å². The first kappa shape index (κ1) is 30.0. The Morgan fingerprint density at radius 1 is 0.585 bits per heavy atom. The van der Waals surface area contributed by atoms with Crippen molar-refractivity contribution in [3.05, 3.63) is 155 Å². The van der Waals surface area contributed by atoms with Gasteiger partial charge in [0.15, 0.2) is 23.1 Å². The summed E-state index contributed by atoms with van der Waals surface area (Å²) in [5, 5.41) is 3.25. The molecule has 3 aliphatic carbocycles. The van der Waals surface area contributed by atoms with Gasteiger partial charge >= 0.3 is 0 Å². The minimum atomic E-state index is 0.612. The molecule has 0 spiro atoms. The van der Waals surface area contributed by atoms with Crippen LogP contribution in [0.4, 0.5) is 0 Å². The van der Waals surface area contributed by atoms with Gasteiger partial charge in [0.25, 0.3) is 0 Å². The summed E-state index contributed by atoms with van der Waals surface area (Å²) in [5.41, 5.74) is 11.9. The lowest BCUT2D eigenvalue weighted by Gasteiger charge is -2.17. The van der Waals surface area contributed by atoms with Gasteiger partial charge < -0.3 is 8.83 Å². The third-order valence-corrected chi connectivity index (χ3v) is 10.7. The van der Waals surface area contributed by atoms with E-state index in [-0.39, 0.29) is 0 Å². The molecule has 0 atom stereocenters. The molecule has 0 saturated heterocycles. The molecule has 4 heterocycles. The highest BCUT2D eigenvalue weighted by Crippen LogP contribution is 2.42. The average Bonchev–Trinajstić information content (AvgIpc) is 3.69. The second-order valence-electron chi connectivity index (χ2n) is 13.9. The van der Waals surface area contributed by atoms with E-state index >= 15 is 0 Å². The molecule has 8 aromatic rings. The fourth-order valence-corrected chi connectivity index (χ4v) is 8.20. The van der Waals surface area contributed by atoms with Gasteiger partial charge in [-0.25, -0.2) is 19.9 Å². The Balaban J connectivity index is 1.12. The highest BCUT2D eigenvalue weighted by atomic mass is 16.3. The molecule has 11 rings (SSSR count). The number of hydrogen-bond donors (Lipinski definition) is 0. The first-order chi connectivity index (χ1) is 26.3. The maximum absolute atomic E-state index is 6.44. The van der Waals surface area contributed by atoms with Crippen LogP contribution in [0.2, 0.25) is 0 Å². The summed E-state index contributed by atoms with van der Waals surface area (Å²) in [6, 6.07) is 31.4. The lowest BCUT2D eigenvalue weighted by atomic mass is 9.91. The smallest absolute Gasteiger partial charge is 0.164 e. The summed E-state index contributed by atoms with van der Waals surface area (Å²) < 4.78 is 12.8. The molecule has 6 nitrogen and oxygen atoms in total. The van der Waals surface area contributed by atoms with Crippen molar-refractivity contribution in [2.75, 3.05) is 0 Å². The number of fused-ring (bicyclic) bond motifs is 9. The Bertz CT molecular complexity index is 2930. The van der Waals surface area contributed by atoms with Gasteiger partial charge in [0.05, 0.1) is 5.69 Å². The Kier molecular flexibility index (Phi) is 6.77. The molecule has 6 heteroatoms. The summed E-state index contributed by atoms with van der Waals surface area (Å²) >= 11 is 0. The highest BCUT2D eigenvalue weighted by Gasteiger charge is 2.28. The summed E-state index contributed by atoms with van der Waals surface area (Å²) in [5.74, 6) is 3.76. The fraction of sp³-hybridized carbons (Fsp3) is 0.106. The quantitative estimate of drug-likeness (QED) is 0.184. The van der Waals surface area contributed by atoms with E-state index in [2.05, 4.69) is 115 Å². The number of nitrogens with zero attached hydrogens (tertiary/aromatic N) is 4. The minimum absolute atomic E-state index is 0.612. The molecule has 0 unspecified atom stereocenters. The number of furan rings is 2. The van der Waals surface area contributed by atoms with E-state index in [1.165, 1.54) is 5.56 Å². The molecule has 0 fully saturated rings. The van der Waals surface area contributed by atoms with Crippen molar-refractivity contribution in [1.29, 1.82) is 0 Å². The Morgan fingerprint density at radius 3 is 2.36 bits per heavy atom. The largest absolute Gasteiger partial charge is 0.460 e. The number of benzene rings is 4. The van der Waals surface area contributed by atoms with E-state index in [4.69, 9.17) is 28.8 Å². The topological polar surface area (TPSA) is 77.8 Å². The Hall–Kier alpha value is -6.66. The lowest BCUT2D eigenvalue weighted by Crippen LogP contribution is -2.07. The summed E-state index contributed by atoms with van der Waals surface area (Å²) in [4.78, 5) is 21.1. The van der Waals surface area contributed by atoms with E-state index in [9.17, 15) is 0 Å². The van der Waals surface area contributed by atoms with Gasteiger partial charge in [-0.3, -0.25) is 0 Å². The monoisotopic (exact) mass is 684 g/mol. The highest BCUT2D eigenvalue weighted by molar-refractivity contribution is 6.06. The van der Waals surface area contributed by atoms with Crippen molar-refractivity contribution in [3.63, 3.8) is 0 Å². The van der Waals surface area contributed by atoms with Crippen LogP contribution in [0.3, 0.4) is 0 Å². The van der Waals surface area contributed by atoms with Gasteiger partial charge in [-0.2, -0.15) is 0 Å². The molecule has 4 aromatic carbocycles. The number of para-hydroxylation sites is 1. The lowest BCUT2D eigenvalue weighted by molar-refractivity contribution is 0.498. The zero-order valence-corrected chi connectivity index (χ0v) is 28.8. The van der Waals surface area contributed by atoms with Gasteiger partial charge in [-0.05, 0) is 66.3 Å². The number of rotatable bonds is 4. The number of allylic oxidation sites excluding steroid dienone is 4. The van der Waals surface area contributed by atoms with Crippen LogP contribution in [0.5, 0.6) is 0 Å². The predicted molar refractivity (Wildman–Crippen MR) is 213 cm³/mol. The van der Waals surface area contributed by atoms with Crippen molar-refractivity contribution in [1.82, 2.24) is 19.9 Å². The van der Waals surface area contributed by atoms with Crippen LogP contribution in [0.15, 0.2) is 124 Å². The van der Waals surface area contributed by atoms with Gasteiger partial charge in [0, 0.05) is 50.8 Å². The first-order valence-electron chi connectivity index (χ1n) is 18.3. The SMILES string of the molecule is C1=Cc2oc3c(c2C=CC1)C(c1nc(-c2cccc(-c4nc5c(oc6ccccc65)c5c4CCC=C5)c2)nc(-c2cccc4ccccc24)n1)=CCC3. The van der Waals surface area contributed by atoms with Gasteiger partial charge in [0.2, 0.25) is 0 Å². The third kappa shape index (κ3) is 4.86. The Morgan fingerprint density at radius 2 is 1.38 bits per heavy atom. The molecule has 252 valence electrons. The molecule has 0 N–H and O–H groups in total. The van der Waals surface area contributed by atoms with Crippen molar-refractivity contribution >= 4 is 56.6 Å². The van der Waals surface area contributed by atoms with E-state index in [0.717, 1.165) is 121 Å². The van der Waals surface area contributed by atoms with Crippen molar-refractivity contribution in [2.24, 2.45) is 0 Å². The molecule has 4 aromatic heterocycles. The summed E-state index contributed by atoms with van der Waals surface area (Å²) in [6.45, 7) is 0. The minimum Gasteiger partial charge on any atom is -0.460 e. The van der Waals surface area contributed by atoms with E-state index in [0.29, 0.717) is 17.5 Å². The van der Waals surface area contributed by atoms with Crippen LogP contribution < -0.4 is 0 Å². The van der Waals surface area contributed by atoms with Crippen LogP contribution >= 0.6 is 0 Å². The molecule has 0 bridgehead atoms. The molecule has 53 heavy (non-hydrogen) atoms. The van der Waals surface area contributed by atoms with Gasteiger partial charge in [-0.15, -0.1) is 0 Å². The predicted octanol–water partition coefficient (Wildman–Crippen LogP) is 11.7.